The first-order valence-electron chi connectivity index (χ1n) is 44.8. The summed E-state index contributed by atoms with van der Waals surface area (Å²) in [6.07, 6.45) is -11.8. The van der Waals surface area contributed by atoms with Crippen LogP contribution in [-0.2, 0) is 87.2 Å². The highest BCUT2D eigenvalue weighted by molar-refractivity contribution is 7.44. The number of phenolic OH excluding ortho intramolecular Hbond substituents is 3. The monoisotopic (exact) mass is 2020 g/mol. The molecule has 5 aromatic carbocycles. The molecule has 0 aliphatic carbocycles. The van der Waals surface area contributed by atoms with Crippen LogP contribution in [0.5, 0.6) is 46.0 Å². The van der Waals surface area contributed by atoms with E-state index < -0.39 is 339 Å². The van der Waals surface area contributed by atoms with E-state index in [1.165, 1.54) is 33.2 Å². The molecule has 12 rings (SSSR count). The number of fused-ring (bicyclic) bond motifs is 15. The van der Waals surface area contributed by atoms with Gasteiger partial charge in [0.1, 0.15) is 102 Å². The first kappa shape index (κ1) is 109. The van der Waals surface area contributed by atoms with E-state index in [-0.39, 0.29) is 36.7 Å². The number of amides is 10. The van der Waals surface area contributed by atoms with Gasteiger partial charge in [-0.25, -0.2) is 4.79 Å². The molecule has 49 heteroatoms. The molecule has 138 heavy (non-hydrogen) atoms. The van der Waals surface area contributed by atoms with E-state index in [4.69, 9.17) is 63.1 Å². The molecule has 7 aliphatic rings. The third-order valence-electron chi connectivity index (χ3n) is 24.2. The van der Waals surface area contributed by atoms with Crippen molar-refractivity contribution < 1.29 is 146 Å². The second kappa shape index (κ2) is 50.0. The third-order valence-corrected chi connectivity index (χ3v) is 26.4. The molecule has 7 heterocycles. The summed E-state index contributed by atoms with van der Waals surface area (Å²) in [4.78, 5) is 163. The van der Waals surface area contributed by atoms with Crippen molar-refractivity contribution in [3.8, 4) is 57.1 Å². The first-order chi connectivity index (χ1) is 65.5. The van der Waals surface area contributed by atoms with Crippen LogP contribution in [0.2, 0.25) is 10.0 Å². The summed E-state index contributed by atoms with van der Waals surface area (Å²) in [6, 6.07) is -6.64. The molecule has 2 unspecified atom stereocenters. The zero-order chi connectivity index (χ0) is 101. The molecule has 0 spiro atoms. The average molecular weight is 2030 g/mol. The molecule has 7 aliphatic heterocycles. The number of aromatic hydroxyl groups is 3. The van der Waals surface area contributed by atoms with Gasteiger partial charge in [-0.1, -0.05) is 107 Å². The van der Waals surface area contributed by atoms with Gasteiger partial charge in [0, 0.05) is 61.8 Å². The van der Waals surface area contributed by atoms with Crippen LogP contribution in [0.3, 0.4) is 0 Å². The Kier molecular flexibility index (Phi) is 39.7. The number of hydrogen-bond acceptors (Lipinski definition) is 33. The number of hydrogen-bond donors (Lipinski definition) is 23. The van der Waals surface area contributed by atoms with Crippen LogP contribution in [-0.4, -0.2) is 257 Å². The lowest BCUT2D eigenvalue weighted by atomic mass is 9.85. The van der Waals surface area contributed by atoms with Crippen LogP contribution in [0.15, 0.2) is 72.8 Å². The highest BCUT2D eigenvalue weighted by atomic mass is 35.5. The highest BCUT2D eigenvalue weighted by Crippen LogP contribution is 2.51. The van der Waals surface area contributed by atoms with Crippen molar-refractivity contribution in [2.45, 2.75) is 258 Å². The Morgan fingerprint density at radius 3 is 1.91 bits per heavy atom. The highest BCUT2D eigenvalue weighted by Gasteiger charge is 2.53. The molecular formula is C89H117Cl2N14O30P3. The maximum absolute atomic E-state index is 16.5. The lowest BCUT2D eigenvalue weighted by molar-refractivity contribution is -0.334. The summed E-state index contributed by atoms with van der Waals surface area (Å²) in [6.45, 7) is 10.0. The summed E-state index contributed by atoms with van der Waals surface area (Å²) in [5, 5.41) is 147. The molecule has 0 radical (unpaired) electrons. The topological polar surface area (TPSA) is 684 Å². The van der Waals surface area contributed by atoms with E-state index in [1.807, 2.05) is 0 Å². The van der Waals surface area contributed by atoms with E-state index in [0.717, 1.165) is 116 Å². The Morgan fingerprint density at radius 2 is 1.30 bits per heavy atom. The zero-order valence-corrected chi connectivity index (χ0v) is 80.5. The number of aliphatic hydroxyl groups is 6. The number of carbonyl (C=O) groups excluding carboxylic acids is 10. The molecule has 10 amide bonds. The number of phenols is 3. The van der Waals surface area contributed by atoms with Gasteiger partial charge in [-0.2, -0.15) is 0 Å². The largest absolute Gasteiger partial charge is 0.507 e. The molecule has 20 atom stereocenters. The fourth-order valence-electron chi connectivity index (χ4n) is 16.7. The molecule has 11 bridgehead atoms. The number of carbonyl (C=O) groups is 11. The maximum atomic E-state index is 16.5. The number of nitrogens with zero attached hydrogens (tertiary/aromatic N) is 1. The lowest BCUT2D eigenvalue weighted by Gasteiger charge is -2.48. The zero-order valence-electron chi connectivity index (χ0n) is 76.3. The number of carboxylic acids is 1. The minimum atomic E-state index is -2.50. The Balaban J connectivity index is 1.14. The smallest absolute Gasteiger partial charge is 0.330 e. The number of ether oxygens (including phenoxy) is 6. The Morgan fingerprint density at radius 1 is 0.681 bits per heavy atom. The molecule has 752 valence electrons. The molecule has 0 saturated carbocycles. The van der Waals surface area contributed by atoms with Crippen LogP contribution in [0.25, 0.3) is 11.1 Å². The van der Waals surface area contributed by atoms with E-state index >= 15 is 28.8 Å². The van der Waals surface area contributed by atoms with E-state index in [2.05, 4.69) is 65.4 Å². The van der Waals surface area contributed by atoms with Gasteiger partial charge >= 0.3 is 5.97 Å². The van der Waals surface area contributed by atoms with Crippen molar-refractivity contribution in [3.63, 3.8) is 0 Å². The summed E-state index contributed by atoms with van der Waals surface area (Å²) >= 11 is 14.5. The van der Waals surface area contributed by atoms with Crippen molar-refractivity contribution >= 4 is 114 Å². The molecule has 25 N–H and O–H groups in total. The van der Waals surface area contributed by atoms with Gasteiger partial charge in [-0.15, -0.1) is 0 Å². The molecule has 0 aromatic heterocycles. The fraction of sp³-hybridized carbons (Fsp3) is 0.539. The third kappa shape index (κ3) is 27.4. The van der Waals surface area contributed by atoms with E-state index in [0.29, 0.717) is 13.1 Å². The van der Waals surface area contributed by atoms with E-state index in [1.54, 1.807) is 27.7 Å². The van der Waals surface area contributed by atoms with Gasteiger partial charge < -0.3 is 154 Å². The Labute approximate surface area is 807 Å². The SMILES string of the molecule is CCCCCCCCCCNCCN[C@@]1(C)C[C@H](O[C@H]2[C@H](Oc3c4cc5cc3Oc3ccc(cc3Cl)[C@@H](O)[C@@H](NC(=O)[C@@H](CC(C)C)N(C)C(=O)C(C)NC(=O)C(N)CCC(=O)NC(P=O)P=O)C(=O)N[C@@H](CC(N)=O)C(=O)N[C@H]5C(=O)N[C@H]3C(=O)N[C@H](C(=O)N[C@H](C(=O)O)c5cc(O)c(CNCP=O)c(O)c5-c5cc3ccc5O)[C@H](O)c3ccc(c(Cl)c3)O4)O[C@H](CO)[C@@H](O)[C@@H]2O)O[C@@H](C)[C@H]1O. The quantitative estimate of drug-likeness (QED) is 0.0197. The van der Waals surface area contributed by atoms with Gasteiger partial charge in [0.25, 0.3) is 0 Å². The van der Waals surface area contributed by atoms with Crippen LogP contribution in [0.1, 0.15) is 189 Å². The molecule has 5 aromatic rings. The lowest BCUT2D eigenvalue weighted by Crippen LogP contribution is -2.65. The number of benzene rings is 5. The number of rotatable bonds is 39. The minimum absolute atomic E-state index is 0.165. The summed E-state index contributed by atoms with van der Waals surface area (Å²) in [5.41, 5.74) is 5.54. The number of halogens is 2. The molecule has 2 fully saturated rings. The number of likely N-dealkylation sites (N-methyl/N-ethyl adjacent to an activating group) is 1. The number of primary amides is 1. The molecule has 44 nitrogen and oxygen atoms in total. The van der Waals surface area contributed by atoms with Crippen LogP contribution >= 0.6 is 48.6 Å². The van der Waals surface area contributed by atoms with Gasteiger partial charge in [0.15, 0.2) is 60.8 Å². The van der Waals surface area contributed by atoms with Crippen molar-refractivity contribution in [1.29, 1.82) is 0 Å². The van der Waals surface area contributed by atoms with Crippen LogP contribution in [0.4, 0.5) is 0 Å². The second-order valence-corrected chi connectivity index (χ2v) is 38.2. The van der Waals surface area contributed by atoms with Crippen LogP contribution in [0, 0.1) is 5.92 Å². The van der Waals surface area contributed by atoms with Crippen LogP contribution < -0.4 is 84.2 Å². The predicted octanol–water partition coefficient (Wildman–Crippen LogP) is 3.64. The van der Waals surface area contributed by atoms with Gasteiger partial charge in [-0.3, -0.25) is 61.6 Å². The molecule has 2 saturated heterocycles. The number of aliphatic carboxylic acids is 1. The van der Waals surface area contributed by atoms with E-state index in [9.17, 15) is 88.7 Å². The van der Waals surface area contributed by atoms with Gasteiger partial charge in [0.2, 0.25) is 71.1 Å². The summed E-state index contributed by atoms with van der Waals surface area (Å²) in [5.74, 6) is -20.8. The van der Waals surface area contributed by atoms with Crippen molar-refractivity contribution in [2.75, 3.05) is 39.6 Å². The number of nitrogens with one attached hydrogen (secondary N) is 11. The average Bonchev–Trinajstić information content (AvgIpc) is 0.759. The molecular weight excluding hydrogens is 1910 g/mol. The fourth-order valence-corrected chi connectivity index (χ4v) is 17.9. The Bertz CT molecular complexity index is 5290. The van der Waals surface area contributed by atoms with Gasteiger partial charge in [0.05, 0.1) is 53.2 Å². The summed E-state index contributed by atoms with van der Waals surface area (Å²) < 4.78 is 73.8. The minimum Gasteiger partial charge on any atom is -0.507 e. The first-order valence-corrected chi connectivity index (χ1v) is 48.3. The predicted molar refractivity (Wildman–Crippen MR) is 494 cm³/mol. The number of unbranched alkanes of at least 4 members (excludes halogenated alkanes) is 7. The number of nitrogens with two attached hydrogens (primary N) is 2. The normalized spacial score (nSPS) is 25.4. The van der Waals surface area contributed by atoms with Crippen molar-refractivity contribution in [3.05, 3.63) is 116 Å². The summed E-state index contributed by atoms with van der Waals surface area (Å²) in [7, 11) is -0.618. The van der Waals surface area contributed by atoms with Gasteiger partial charge in [-0.05, 0) is 129 Å². The van der Waals surface area contributed by atoms with Crippen molar-refractivity contribution in [2.24, 2.45) is 17.4 Å². The standard InChI is InChI=1S/C89H117Cl2N14O30P3/c1-8-9-10-11-12-13-14-15-24-94-25-26-96-89(6)35-63(130-41(5)77(89)116)134-76-74(115)73(114)60(37-106)133-87(76)135-75-58-31-45-32-59(75)132-57-22-18-44(30-50(57)91)71(112)69-84(123)102-67(86(125)126)47-33-55(108)48(36-95-38-136-127)72(113)64(47)46-28-42(16-20-54(46)107)65(81(120)104-69)101-82(121)66(45)100-79(118)52(34-61(93)109)98-83(122)68(70(111)43-17-21-56(131-58)49(90)29-43)103-80(119)53(27-39(2)3)105(7)85(124)40(4)97-78(117)51(92)19-23-62(110)99-88(137-128)138-129/h16-18,20-22,28-33,39-41,51-53,60,63,65-71,73-74,76-77,87-88,94-96,106-108,111-116H,8-15,19,23-27,34-38,92H2,1-7H3,(H2,93,109)(H,97,117)(H,98,122)(H,99,110)(H,100,118)(H,101,121)(H,102,123)(H,103,119)(H,104,120)(H,125,126)/t40?,41-,51?,52-,53+,60+,63-,65+,66+,67-,68+,69-,70+,71+,73+,74-,76+,77+,87-,89-/m0/s1. The second-order valence-electron chi connectivity index (χ2n) is 34.9. The van der Waals surface area contributed by atoms with Crippen molar-refractivity contribution in [1.82, 2.24) is 63.4 Å². The maximum Gasteiger partial charge on any atom is 0.330 e. The number of carboxylic acid groups (broad SMARTS) is 1. The number of aliphatic hydroxyl groups excluding tert-OH is 6. The Hall–Kier alpha value is -10.6.